The van der Waals surface area contributed by atoms with Crippen LogP contribution in [0.25, 0.3) is 0 Å². The van der Waals surface area contributed by atoms with E-state index < -0.39 is 29.8 Å². The first-order valence-corrected chi connectivity index (χ1v) is 10.2. The van der Waals surface area contributed by atoms with Crippen molar-refractivity contribution >= 4 is 23.8 Å². The molecular weight excluding hydrogens is 406 g/mol. The third kappa shape index (κ3) is 4.41. The molecule has 3 aromatic carbocycles. The van der Waals surface area contributed by atoms with Gasteiger partial charge in [0.05, 0.1) is 11.1 Å². The van der Waals surface area contributed by atoms with Gasteiger partial charge in [-0.15, -0.1) is 0 Å². The number of nitrogens with one attached hydrogen (secondary N) is 2. The van der Waals surface area contributed by atoms with E-state index in [9.17, 15) is 19.2 Å². The maximum Gasteiger partial charge on any atom is 0.321 e. The number of hydrogen-bond acceptors (Lipinski definition) is 4. The molecule has 0 radical (unpaired) electrons. The largest absolute Gasteiger partial charge is 0.334 e. The molecule has 0 saturated carbocycles. The summed E-state index contributed by atoms with van der Waals surface area (Å²) in [4.78, 5) is 52.3. The van der Waals surface area contributed by atoms with Gasteiger partial charge in [-0.2, -0.15) is 0 Å². The quantitative estimate of drug-likeness (QED) is 0.592. The molecule has 0 aromatic heterocycles. The second kappa shape index (κ2) is 9.26. The minimum Gasteiger partial charge on any atom is -0.334 e. The fraction of sp³-hybridized carbons (Fsp3) is 0.120. The summed E-state index contributed by atoms with van der Waals surface area (Å²) >= 11 is 0. The van der Waals surface area contributed by atoms with Crippen molar-refractivity contribution in [3.8, 4) is 0 Å². The zero-order chi connectivity index (χ0) is 22.5. The Kier molecular flexibility index (Phi) is 6.07. The smallest absolute Gasteiger partial charge is 0.321 e. The van der Waals surface area contributed by atoms with Crippen LogP contribution in [0.4, 0.5) is 4.79 Å². The van der Waals surface area contributed by atoms with Crippen LogP contribution in [0.3, 0.4) is 0 Å². The van der Waals surface area contributed by atoms with Gasteiger partial charge in [0.25, 0.3) is 17.7 Å². The molecule has 0 aliphatic carbocycles. The van der Waals surface area contributed by atoms with Gasteiger partial charge in [-0.1, -0.05) is 72.8 Å². The molecule has 160 valence electrons. The molecule has 1 heterocycles. The summed E-state index contributed by atoms with van der Waals surface area (Å²) in [7, 11) is 0. The zero-order valence-electron chi connectivity index (χ0n) is 17.2. The maximum atomic E-state index is 13.1. The summed E-state index contributed by atoms with van der Waals surface area (Å²) in [5.41, 5.74) is 2.12. The molecule has 5 amide bonds. The Balaban J connectivity index is 1.53. The standard InChI is InChI=1S/C25H21N3O4/c29-22(27-25(32)26-16-18-11-5-2-6-12-18)21(15-17-9-3-1-4-10-17)28-23(30)19-13-7-8-14-20(19)24(28)31/h1-14,21H,15-16H2,(H2,26,27,29,32). The Morgan fingerprint density at radius 2 is 1.22 bits per heavy atom. The molecule has 4 rings (SSSR count). The van der Waals surface area contributed by atoms with Gasteiger partial charge in [0.2, 0.25) is 0 Å². The summed E-state index contributed by atoms with van der Waals surface area (Å²) in [5.74, 6) is -1.83. The number of imide groups is 2. The highest BCUT2D eigenvalue weighted by atomic mass is 16.2. The van der Waals surface area contributed by atoms with Crippen molar-refractivity contribution in [2.45, 2.75) is 19.0 Å². The van der Waals surface area contributed by atoms with Gasteiger partial charge < -0.3 is 5.32 Å². The second-order valence-electron chi connectivity index (χ2n) is 7.39. The van der Waals surface area contributed by atoms with Crippen LogP contribution < -0.4 is 10.6 Å². The minimum atomic E-state index is -1.17. The lowest BCUT2D eigenvalue weighted by atomic mass is 10.0. The van der Waals surface area contributed by atoms with E-state index in [0.29, 0.717) is 0 Å². The predicted octanol–water partition coefficient (Wildman–Crippen LogP) is 2.92. The van der Waals surface area contributed by atoms with Crippen molar-refractivity contribution in [1.29, 1.82) is 0 Å². The SMILES string of the molecule is O=C(NCc1ccccc1)NC(=O)C(Cc1ccccc1)N1C(=O)c2ccccc2C1=O. The lowest BCUT2D eigenvalue weighted by molar-refractivity contribution is -0.123. The van der Waals surface area contributed by atoms with Gasteiger partial charge in [0.1, 0.15) is 6.04 Å². The van der Waals surface area contributed by atoms with Crippen LogP contribution in [0, 0.1) is 0 Å². The zero-order valence-corrected chi connectivity index (χ0v) is 17.2. The van der Waals surface area contributed by atoms with E-state index in [1.54, 1.807) is 48.5 Å². The molecule has 1 aliphatic rings. The number of fused-ring (bicyclic) bond motifs is 1. The van der Waals surface area contributed by atoms with E-state index in [1.807, 2.05) is 36.4 Å². The van der Waals surface area contributed by atoms with Gasteiger partial charge in [-0.25, -0.2) is 4.79 Å². The van der Waals surface area contributed by atoms with Gasteiger partial charge in [0, 0.05) is 13.0 Å². The average molecular weight is 427 g/mol. The number of urea groups is 1. The van der Waals surface area contributed by atoms with Crippen LogP contribution in [-0.4, -0.2) is 34.7 Å². The fourth-order valence-corrected chi connectivity index (χ4v) is 3.65. The molecule has 2 N–H and O–H groups in total. The van der Waals surface area contributed by atoms with E-state index >= 15 is 0 Å². The molecule has 1 unspecified atom stereocenters. The number of nitrogens with zero attached hydrogens (tertiary/aromatic N) is 1. The molecule has 7 nitrogen and oxygen atoms in total. The average Bonchev–Trinajstić information content (AvgIpc) is 3.07. The Labute approximate surface area is 185 Å². The summed E-state index contributed by atoms with van der Waals surface area (Å²) in [5, 5.41) is 4.90. The van der Waals surface area contributed by atoms with E-state index in [0.717, 1.165) is 16.0 Å². The minimum absolute atomic E-state index is 0.0874. The highest BCUT2D eigenvalue weighted by Crippen LogP contribution is 2.26. The van der Waals surface area contributed by atoms with Crippen LogP contribution in [-0.2, 0) is 17.8 Å². The van der Waals surface area contributed by atoms with Gasteiger partial charge in [0.15, 0.2) is 0 Å². The molecule has 1 atom stereocenters. The first-order valence-electron chi connectivity index (χ1n) is 10.2. The van der Waals surface area contributed by atoms with Crippen LogP contribution in [0.1, 0.15) is 31.8 Å². The Bertz CT molecular complexity index is 1130. The molecule has 3 aromatic rings. The van der Waals surface area contributed by atoms with Crippen molar-refractivity contribution in [3.05, 3.63) is 107 Å². The van der Waals surface area contributed by atoms with Gasteiger partial charge in [-0.3, -0.25) is 24.6 Å². The molecule has 0 spiro atoms. The van der Waals surface area contributed by atoms with E-state index in [4.69, 9.17) is 0 Å². The number of carbonyl (C=O) groups excluding carboxylic acids is 4. The second-order valence-corrected chi connectivity index (χ2v) is 7.39. The summed E-state index contributed by atoms with van der Waals surface area (Å²) < 4.78 is 0. The van der Waals surface area contributed by atoms with Crippen molar-refractivity contribution < 1.29 is 19.2 Å². The fourth-order valence-electron chi connectivity index (χ4n) is 3.65. The molecule has 1 aliphatic heterocycles. The Morgan fingerprint density at radius 3 is 1.78 bits per heavy atom. The predicted molar refractivity (Wildman–Crippen MR) is 118 cm³/mol. The molecular formula is C25H21N3O4. The summed E-state index contributed by atoms with van der Waals surface area (Å²) in [6.07, 6.45) is 0.0874. The van der Waals surface area contributed by atoms with Crippen molar-refractivity contribution in [2.75, 3.05) is 0 Å². The summed E-state index contributed by atoms with van der Waals surface area (Å²) in [6.45, 7) is 0.232. The third-order valence-corrected chi connectivity index (χ3v) is 5.24. The van der Waals surface area contributed by atoms with Crippen LogP contribution in [0.15, 0.2) is 84.9 Å². The van der Waals surface area contributed by atoms with Crippen molar-refractivity contribution in [1.82, 2.24) is 15.5 Å². The summed E-state index contributed by atoms with van der Waals surface area (Å²) in [6, 6.07) is 22.9. The van der Waals surface area contributed by atoms with E-state index in [-0.39, 0.29) is 24.1 Å². The highest BCUT2D eigenvalue weighted by molar-refractivity contribution is 6.23. The lowest BCUT2D eigenvalue weighted by Gasteiger charge is -2.25. The topological polar surface area (TPSA) is 95.6 Å². The van der Waals surface area contributed by atoms with Gasteiger partial charge >= 0.3 is 6.03 Å². The highest BCUT2D eigenvalue weighted by Gasteiger charge is 2.42. The number of benzene rings is 3. The first kappa shape index (κ1) is 21.0. The van der Waals surface area contributed by atoms with Crippen LogP contribution >= 0.6 is 0 Å². The normalized spacial score (nSPS) is 13.4. The lowest BCUT2D eigenvalue weighted by Crippen LogP contribution is -2.53. The van der Waals surface area contributed by atoms with E-state index in [1.165, 1.54) is 0 Å². The molecule has 0 saturated heterocycles. The Morgan fingerprint density at radius 1 is 0.719 bits per heavy atom. The third-order valence-electron chi connectivity index (χ3n) is 5.24. The number of carbonyl (C=O) groups is 4. The van der Waals surface area contributed by atoms with Gasteiger partial charge in [-0.05, 0) is 23.3 Å². The van der Waals surface area contributed by atoms with Crippen molar-refractivity contribution in [3.63, 3.8) is 0 Å². The molecule has 7 heteroatoms. The monoisotopic (exact) mass is 427 g/mol. The van der Waals surface area contributed by atoms with E-state index in [2.05, 4.69) is 10.6 Å². The molecule has 0 bridgehead atoms. The maximum absolute atomic E-state index is 13.1. The number of amides is 5. The molecule has 0 fully saturated rings. The number of hydrogen-bond donors (Lipinski definition) is 2. The first-order chi connectivity index (χ1) is 15.5. The van der Waals surface area contributed by atoms with Crippen LogP contribution in [0.2, 0.25) is 0 Å². The van der Waals surface area contributed by atoms with Crippen LogP contribution in [0.5, 0.6) is 0 Å². The molecule has 32 heavy (non-hydrogen) atoms. The Hall–Kier alpha value is -4.26. The number of rotatable bonds is 6. The van der Waals surface area contributed by atoms with Crippen molar-refractivity contribution in [2.24, 2.45) is 0 Å².